The Balaban J connectivity index is 1.79. The topological polar surface area (TPSA) is 82.3 Å². The maximum Gasteiger partial charge on any atom is 0.144 e. The number of nitrogens with one attached hydrogen (secondary N) is 1. The van der Waals surface area contributed by atoms with Crippen LogP contribution in [0, 0.1) is 0 Å². The van der Waals surface area contributed by atoms with Crippen molar-refractivity contribution in [1.29, 1.82) is 0 Å². The average Bonchev–Trinajstić information content (AvgIpc) is 2.30. The van der Waals surface area contributed by atoms with Gasteiger partial charge in [0.25, 0.3) is 0 Å². The van der Waals surface area contributed by atoms with E-state index >= 15 is 0 Å². The Kier molecular flexibility index (Phi) is 3.31. The third-order valence-electron chi connectivity index (χ3n) is 2.07. The van der Waals surface area contributed by atoms with Gasteiger partial charge < -0.3 is 20.5 Å². The Morgan fingerprint density at radius 3 is 3.00 bits per heavy atom. The molecule has 15 heavy (non-hydrogen) atoms. The minimum atomic E-state index is 0.0816. The van der Waals surface area contributed by atoms with Crippen LogP contribution in [-0.2, 0) is 9.47 Å². The number of hydrogen-bond acceptors (Lipinski definition) is 6. The monoisotopic (exact) mass is 210 g/mol. The first-order valence-corrected chi connectivity index (χ1v) is 4.85. The summed E-state index contributed by atoms with van der Waals surface area (Å²) in [6, 6.07) is 0. The molecule has 0 saturated carbocycles. The van der Waals surface area contributed by atoms with Crippen LogP contribution in [0.25, 0.3) is 0 Å². The zero-order valence-electron chi connectivity index (χ0n) is 8.35. The van der Waals surface area contributed by atoms with Gasteiger partial charge in [0, 0.05) is 6.54 Å². The standard InChI is InChI=1S/C9H14N4O2/c10-8-4-13-9(5-11-8)12-3-7-6-14-1-2-15-7/h4-5,7H,1-3,6H2,(H2,10,11)(H,12,13). The first-order chi connectivity index (χ1) is 7.34. The summed E-state index contributed by atoms with van der Waals surface area (Å²) in [6.45, 7) is 2.62. The smallest absolute Gasteiger partial charge is 0.144 e. The summed E-state index contributed by atoms with van der Waals surface area (Å²) in [7, 11) is 0. The molecule has 2 rings (SSSR count). The van der Waals surface area contributed by atoms with Crippen LogP contribution < -0.4 is 11.1 Å². The Bertz CT molecular complexity index is 297. The fourth-order valence-electron chi connectivity index (χ4n) is 1.30. The molecule has 6 heteroatoms. The van der Waals surface area contributed by atoms with Crippen molar-refractivity contribution in [3.8, 4) is 0 Å². The lowest BCUT2D eigenvalue weighted by molar-refractivity contribution is -0.0819. The molecule has 2 heterocycles. The Morgan fingerprint density at radius 2 is 2.33 bits per heavy atom. The molecule has 0 aromatic carbocycles. The fraction of sp³-hybridized carbons (Fsp3) is 0.556. The molecule has 0 aliphatic carbocycles. The second kappa shape index (κ2) is 4.90. The van der Waals surface area contributed by atoms with E-state index in [2.05, 4.69) is 15.3 Å². The highest BCUT2D eigenvalue weighted by Crippen LogP contribution is 2.04. The molecule has 1 atom stereocenters. The van der Waals surface area contributed by atoms with Crippen LogP contribution in [0.5, 0.6) is 0 Å². The van der Waals surface area contributed by atoms with Crippen LogP contribution in [0.1, 0.15) is 0 Å². The molecule has 0 spiro atoms. The molecule has 82 valence electrons. The fourth-order valence-corrected chi connectivity index (χ4v) is 1.30. The summed E-state index contributed by atoms with van der Waals surface area (Å²) in [4.78, 5) is 7.99. The van der Waals surface area contributed by atoms with Crippen molar-refractivity contribution in [3.05, 3.63) is 12.4 Å². The number of rotatable bonds is 3. The van der Waals surface area contributed by atoms with Crippen molar-refractivity contribution in [2.75, 3.05) is 37.4 Å². The van der Waals surface area contributed by atoms with Crippen molar-refractivity contribution in [3.63, 3.8) is 0 Å². The predicted octanol–water partition coefficient (Wildman–Crippen LogP) is -0.114. The van der Waals surface area contributed by atoms with Crippen molar-refractivity contribution in [1.82, 2.24) is 9.97 Å². The average molecular weight is 210 g/mol. The molecule has 6 nitrogen and oxygen atoms in total. The molecular formula is C9H14N4O2. The third kappa shape index (κ3) is 3.03. The second-order valence-electron chi connectivity index (χ2n) is 3.28. The van der Waals surface area contributed by atoms with E-state index < -0.39 is 0 Å². The minimum absolute atomic E-state index is 0.0816. The molecule has 1 fully saturated rings. The molecule has 1 unspecified atom stereocenters. The SMILES string of the molecule is Nc1cnc(NCC2COCCO2)cn1. The number of hydrogen-bond donors (Lipinski definition) is 2. The summed E-state index contributed by atoms with van der Waals surface area (Å²) in [5, 5.41) is 3.11. The molecule has 1 saturated heterocycles. The zero-order chi connectivity index (χ0) is 10.5. The van der Waals surface area contributed by atoms with Crippen molar-refractivity contribution >= 4 is 11.6 Å². The van der Waals surface area contributed by atoms with Crippen LogP contribution in [0.3, 0.4) is 0 Å². The number of aromatic nitrogens is 2. The van der Waals surface area contributed by atoms with Gasteiger partial charge in [-0.1, -0.05) is 0 Å². The van der Waals surface area contributed by atoms with Gasteiger partial charge in [0.1, 0.15) is 11.6 Å². The lowest BCUT2D eigenvalue weighted by Crippen LogP contribution is -2.34. The normalized spacial score (nSPS) is 21.2. The van der Waals surface area contributed by atoms with Crippen LogP contribution in [-0.4, -0.2) is 42.4 Å². The van der Waals surface area contributed by atoms with Gasteiger partial charge in [0.2, 0.25) is 0 Å². The maximum absolute atomic E-state index is 5.46. The van der Waals surface area contributed by atoms with Crippen LogP contribution in [0.15, 0.2) is 12.4 Å². The summed E-state index contributed by atoms with van der Waals surface area (Å²) < 4.78 is 10.7. The highest BCUT2D eigenvalue weighted by Gasteiger charge is 2.13. The highest BCUT2D eigenvalue weighted by molar-refractivity contribution is 5.35. The molecule has 1 aromatic heterocycles. The van der Waals surface area contributed by atoms with Gasteiger partial charge in [0.05, 0.1) is 38.3 Å². The summed E-state index contributed by atoms with van der Waals surface area (Å²) in [5.41, 5.74) is 5.42. The number of nitrogens with two attached hydrogens (primary N) is 1. The molecule has 3 N–H and O–H groups in total. The maximum atomic E-state index is 5.46. The van der Waals surface area contributed by atoms with Gasteiger partial charge in [0.15, 0.2) is 0 Å². The van der Waals surface area contributed by atoms with Gasteiger partial charge in [-0.05, 0) is 0 Å². The van der Waals surface area contributed by atoms with Crippen molar-refractivity contribution in [2.45, 2.75) is 6.10 Å². The van der Waals surface area contributed by atoms with Crippen LogP contribution >= 0.6 is 0 Å². The van der Waals surface area contributed by atoms with Crippen molar-refractivity contribution in [2.24, 2.45) is 0 Å². The zero-order valence-corrected chi connectivity index (χ0v) is 8.35. The van der Waals surface area contributed by atoms with Gasteiger partial charge in [-0.25, -0.2) is 9.97 Å². The quantitative estimate of drug-likeness (QED) is 0.724. The summed E-state index contributed by atoms with van der Waals surface area (Å²) in [5.74, 6) is 1.11. The molecule has 0 radical (unpaired) electrons. The van der Waals surface area contributed by atoms with Crippen molar-refractivity contribution < 1.29 is 9.47 Å². The van der Waals surface area contributed by atoms with E-state index in [0.29, 0.717) is 38.0 Å². The van der Waals surface area contributed by atoms with Crippen LogP contribution in [0.4, 0.5) is 11.6 Å². The van der Waals surface area contributed by atoms with Crippen LogP contribution in [0.2, 0.25) is 0 Å². The van der Waals surface area contributed by atoms with Gasteiger partial charge in [-0.3, -0.25) is 0 Å². The summed E-state index contributed by atoms with van der Waals surface area (Å²) in [6.07, 6.45) is 3.19. The predicted molar refractivity (Wildman–Crippen MR) is 55.5 cm³/mol. The van der Waals surface area contributed by atoms with E-state index in [0.717, 1.165) is 0 Å². The summed E-state index contributed by atoms with van der Waals surface area (Å²) >= 11 is 0. The lowest BCUT2D eigenvalue weighted by atomic mass is 10.3. The van der Waals surface area contributed by atoms with E-state index in [4.69, 9.17) is 15.2 Å². The van der Waals surface area contributed by atoms with E-state index in [1.54, 1.807) is 6.20 Å². The third-order valence-corrected chi connectivity index (χ3v) is 2.07. The number of anilines is 2. The van der Waals surface area contributed by atoms with E-state index in [1.807, 2.05) is 0 Å². The van der Waals surface area contributed by atoms with Gasteiger partial charge in [-0.15, -0.1) is 0 Å². The largest absolute Gasteiger partial charge is 0.382 e. The molecule has 0 amide bonds. The second-order valence-corrected chi connectivity index (χ2v) is 3.28. The minimum Gasteiger partial charge on any atom is -0.382 e. The van der Waals surface area contributed by atoms with E-state index in [1.165, 1.54) is 6.20 Å². The first-order valence-electron chi connectivity index (χ1n) is 4.85. The number of nitrogens with zero attached hydrogens (tertiary/aromatic N) is 2. The molecule has 1 aromatic rings. The molecular weight excluding hydrogens is 196 g/mol. The van der Waals surface area contributed by atoms with E-state index in [-0.39, 0.29) is 6.10 Å². The Hall–Kier alpha value is -1.40. The Morgan fingerprint density at radius 1 is 1.40 bits per heavy atom. The lowest BCUT2D eigenvalue weighted by Gasteiger charge is -2.23. The molecule has 1 aliphatic rings. The number of nitrogen functional groups attached to an aromatic ring is 1. The molecule has 1 aliphatic heterocycles. The number of ether oxygens (including phenoxy) is 2. The molecule has 0 bridgehead atoms. The van der Waals surface area contributed by atoms with Gasteiger partial charge in [-0.2, -0.15) is 0 Å². The van der Waals surface area contributed by atoms with E-state index in [9.17, 15) is 0 Å². The van der Waals surface area contributed by atoms with Gasteiger partial charge >= 0.3 is 0 Å². The highest BCUT2D eigenvalue weighted by atomic mass is 16.6. The Labute approximate surface area is 87.8 Å². The first kappa shape index (κ1) is 10.1.